The number of aryl methyl sites for hydroxylation is 1. The van der Waals surface area contributed by atoms with Crippen molar-refractivity contribution < 1.29 is 9.53 Å². The summed E-state index contributed by atoms with van der Waals surface area (Å²) in [4.78, 5) is 12.2. The molecule has 2 rings (SSSR count). The first kappa shape index (κ1) is 15.4. The zero-order chi connectivity index (χ0) is 15.2. The van der Waals surface area contributed by atoms with Crippen LogP contribution in [0, 0.1) is 0 Å². The Hall–Kier alpha value is -2.00. The molecule has 0 aliphatic heterocycles. The topological polar surface area (TPSA) is 38.3 Å². The molecule has 1 amide bonds. The van der Waals surface area contributed by atoms with Gasteiger partial charge in [-0.25, -0.2) is 0 Å². The van der Waals surface area contributed by atoms with E-state index in [1.165, 1.54) is 0 Å². The molecule has 0 aromatic heterocycles. The average Bonchev–Trinajstić information content (AvgIpc) is 2.50. The van der Waals surface area contributed by atoms with Gasteiger partial charge in [-0.05, 0) is 49.2 Å². The lowest BCUT2D eigenvalue weighted by molar-refractivity contribution is -0.122. The summed E-state index contributed by atoms with van der Waals surface area (Å²) in [6, 6.07) is 14.7. The van der Waals surface area contributed by atoms with Crippen LogP contribution in [0.5, 0.6) is 5.75 Å². The fraction of sp³-hybridized carbons (Fsp3) is 0.235. The molecule has 0 unspecified atom stereocenters. The van der Waals surface area contributed by atoms with E-state index < -0.39 is 6.10 Å². The highest BCUT2D eigenvalue weighted by atomic mass is 35.5. The van der Waals surface area contributed by atoms with Crippen LogP contribution < -0.4 is 10.1 Å². The Bertz CT molecular complexity index is 610. The van der Waals surface area contributed by atoms with Gasteiger partial charge < -0.3 is 10.1 Å². The fourth-order valence-corrected chi connectivity index (χ4v) is 2.08. The van der Waals surface area contributed by atoms with Gasteiger partial charge >= 0.3 is 0 Å². The van der Waals surface area contributed by atoms with Crippen molar-refractivity contribution in [2.45, 2.75) is 26.4 Å². The summed E-state index contributed by atoms with van der Waals surface area (Å²) in [6.07, 6.45) is 0.277. The van der Waals surface area contributed by atoms with Gasteiger partial charge in [0, 0.05) is 10.7 Å². The summed E-state index contributed by atoms with van der Waals surface area (Å²) in [7, 11) is 0. The fourth-order valence-electron chi connectivity index (χ4n) is 1.96. The molecule has 110 valence electrons. The third kappa shape index (κ3) is 4.23. The van der Waals surface area contributed by atoms with Crippen molar-refractivity contribution in [2.24, 2.45) is 0 Å². The van der Waals surface area contributed by atoms with Crippen molar-refractivity contribution >= 4 is 23.2 Å². The van der Waals surface area contributed by atoms with E-state index >= 15 is 0 Å². The van der Waals surface area contributed by atoms with Gasteiger partial charge in [0.2, 0.25) is 0 Å². The van der Waals surface area contributed by atoms with Gasteiger partial charge in [0.05, 0.1) is 0 Å². The summed E-state index contributed by atoms with van der Waals surface area (Å²) < 4.78 is 5.61. The van der Waals surface area contributed by atoms with E-state index in [0.717, 1.165) is 17.7 Å². The summed E-state index contributed by atoms with van der Waals surface area (Å²) in [5, 5.41) is 3.54. The minimum Gasteiger partial charge on any atom is -0.481 e. The number of ether oxygens (including phenoxy) is 1. The third-order valence-corrected chi connectivity index (χ3v) is 3.40. The summed E-state index contributed by atoms with van der Waals surface area (Å²) in [5.74, 6) is 0.441. The van der Waals surface area contributed by atoms with Crippen LogP contribution in [0.2, 0.25) is 5.02 Å². The zero-order valence-corrected chi connectivity index (χ0v) is 12.9. The molecule has 0 aliphatic rings. The molecule has 2 aromatic rings. The number of rotatable bonds is 5. The Labute approximate surface area is 129 Å². The van der Waals surface area contributed by atoms with Crippen molar-refractivity contribution in [1.82, 2.24) is 0 Å². The first-order valence-corrected chi connectivity index (χ1v) is 7.29. The number of anilines is 1. The number of carbonyl (C=O) groups excluding carboxylic acids is 1. The molecule has 1 N–H and O–H groups in total. The highest BCUT2D eigenvalue weighted by Gasteiger charge is 2.15. The number of para-hydroxylation sites is 1. The lowest BCUT2D eigenvalue weighted by atomic mass is 10.1. The number of amides is 1. The molecule has 21 heavy (non-hydrogen) atoms. The van der Waals surface area contributed by atoms with Gasteiger partial charge in [0.25, 0.3) is 5.91 Å². The normalized spacial score (nSPS) is 11.8. The minimum atomic E-state index is -0.587. The quantitative estimate of drug-likeness (QED) is 0.894. The van der Waals surface area contributed by atoms with Crippen LogP contribution >= 0.6 is 11.6 Å². The molecule has 1 atom stereocenters. The number of halogens is 1. The average molecular weight is 304 g/mol. The van der Waals surface area contributed by atoms with Gasteiger partial charge in [-0.1, -0.05) is 36.7 Å². The Kier molecular flexibility index (Phi) is 5.23. The van der Waals surface area contributed by atoms with Crippen LogP contribution in [0.4, 0.5) is 5.69 Å². The Morgan fingerprint density at radius 1 is 1.19 bits per heavy atom. The highest BCUT2D eigenvalue weighted by molar-refractivity contribution is 6.30. The molecular formula is C17H18ClNO2. The molecule has 3 nitrogen and oxygen atoms in total. The first-order chi connectivity index (χ1) is 10.1. The monoisotopic (exact) mass is 303 g/mol. The Morgan fingerprint density at radius 2 is 1.86 bits per heavy atom. The molecule has 4 heteroatoms. The van der Waals surface area contributed by atoms with Gasteiger partial charge in [-0.15, -0.1) is 0 Å². The van der Waals surface area contributed by atoms with Crippen molar-refractivity contribution in [1.29, 1.82) is 0 Å². The maximum atomic E-state index is 12.2. The largest absolute Gasteiger partial charge is 0.481 e. The number of carbonyl (C=O) groups is 1. The van der Waals surface area contributed by atoms with Crippen molar-refractivity contribution in [3.05, 3.63) is 59.1 Å². The predicted octanol–water partition coefficient (Wildman–Crippen LogP) is 4.31. The van der Waals surface area contributed by atoms with Crippen molar-refractivity contribution in [3.8, 4) is 5.75 Å². The van der Waals surface area contributed by atoms with Gasteiger partial charge in [0.15, 0.2) is 6.10 Å². The molecule has 2 aromatic carbocycles. The van der Waals surface area contributed by atoms with Crippen LogP contribution in [0.1, 0.15) is 19.4 Å². The van der Waals surface area contributed by atoms with E-state index in [0.29, 0.717) is 10.8 Å². The molecule has 0 heterocycles. The van der Waals surface area contributed by atoms with Crippen molar-refractivity contribution in [3.63, 3.8) is 0 Å². The van der Waals surface area contributed by atoms with Crippen LogP contribution in [0.15, 0.2) is 48.5 Å². The van der Waals surface area contributed by atoms with Crippen molar-refractivity contribution in [2.75, 3.05) is 5.32 Å². The van der Waals surface area contributed by atoms with E-state index in [4.69, 9.17) is 16.3 Å². The minimum absolute atomic E-state index is 0.175. The van der Waals surface area contributed by atoms with E-state index in [1.54, 1.807) is 31.2 Å². The lowest BCUT2D eigenvalue weighted by Gasteiger charge is -2.16. The SMILES string of the molecule is CCc1ccccc1NC(=O)[C@H](C)Oc1ccc(Cl)cc1. The second-order valence-electron chi connectivity index (χ2n) is 4.71. The Balaban J connectivity index is 2.01. The molecule has 0 radical (unpaired) electrons. The smallest absolute Gasteiger partial charge is 0.265 e. The molecule has 0 aliphatic carbocycles. The van der Waals surface area contributed by atoms with Gasteiger partial charge in [-0.3, -0.25) is 4.79 Å². The first-order valence-electron chi connectivity index (χ1n) is 6.91. The molecule has 0 bridgehead atoms. The maximum absolute atomic E-state index is 12.2. The predicted molar refractivity (Wildman–Crippen MR) is 86.0 cm³/mol. The number of benzene rings is 2. The van der Waals surface area contributed by atoms with E-state index in [1.807, 2.05) is 24.3 Å². The van der Waals surface area contributed by atoms with E-state index in [-0.39, 0.29) is 5.91 Å². The van der Waals surface area contributed by atoms with Gasteiger partial charge in [0.1, 0.15) is 5.75 Å². The van der Waals surface area contributed by atoms with E-state index in [2.05, 4.69) is 12.2 Å². The van der Waals surface area contributed by atoms with Crippen LogP contribution in [0.25, 0.3) is 0 Å². The van der Waals surface area contributed by atoms with Crippen LogP contribution in [-0.2, 0) is 11.2 Å². The molecular weight excluding hydrogens is 286 g/mol. The summed E-state index contributed by atoms with van der Waals surface area (Å²) in [5.41, 5.74) is 1.93. The number of nitrogens with one attached hydrogen (secondary N) is 1. The van der Waals surface area contributed by atoms with Gasteiger partial charge in [-0.2, -0.15) is 0 Å². The second kappa shape index (κ2) is 7.14. The Morgan fingerprint density at radius 3 is 2.52 bits per heavy atom. The second-order valence-corrected chi connectivity index (χ2v) is 5.15. The standard InChI is InChI=1S/C17H18ClNO2/c1-3-13-6-4-5-7-16(13)19-17(20)12(2)21-15-10-8-14(18)9-11-15/h4-12H,3H2,1-2H3,(H,19,20)/t12-/m0/s1. The maximum Gasteiger partial charge on any atom is 0.265 e. The number of hydrogen-bond donors (Lipinski definition) is 1. The third-order valence-electron chi connectivity index (χ3n) is 3.15. The molecule has 0 saturated heterocycles. The number of hydrogen-bond acceptors (Lipinski definition) is 2. The molecule has 0 spiro atoms. The lowest BCUT2D eigenvalue weighted by Crippen LogP contribution is -2.30. The van der Waals surface area contributed by atoms with Crippen LogP contribution in [-0.4, -0.2) is 12.0 Å². The highest BCUT2D eigenvalue weighted by Crippen LogP contribution is 2.19. The van der Waals surface area contributed by atoms with E-state index in [9.17, 15) is 4.79 Å². The zero-order valence-electron chi connectivity index (χ0n) is 12.1. The summed E-state index contributed by atoms with van der Waals surface area (Å²) in [6.45, 7) is 3.77. The molecule has 0 saturated carbocycles. The summed E-state index contributed by atoms with van der Waals surface area (Å²) >= 11 is 5.82. The van der Waals surface area contributed by atoms with Crippen LogP contribution in [0.3, 0.4) is 0 Å². The molecule has 0 fully saturated rings.